The van der Waals surface area contributed by atoms with Gasteiger partial charge >= 0.3 is 5.69 Å². The highest BCUT2D eigenvalue weighted by atomic mass is 32.2. The van der Waals surface area contributed by atoms with Crippen LogP contribution >= 0.6 is 0 Å². The zero-order chi connectivity index (χ0) is 16.6. The first-order valence-corrected chi connectivity index (χ1v) is 9.77. The Morgan fingerprint density at radius 2 is 2.04 bits per heavy atom. The molecule has 2 aromatic rings. The van der Waals surface area contributed by atoms with Crippen molar-refractivity contribution >= 4 is 26.5 Å². The summed E-state index contributed by atoms with van der Waals surface area (Å²) in [6.07, 6.45) is 2.50. The molecule has 0 radical (unpaired) electrons. The highest BCUT2D eigenvalue weighted by Gasteiger charge is 2.31. The number of fused-ring (bicyclic) bond motifs is 1. The number of sulfonamides is 1. The minimum atomic E-state index is -3.89. The first kappa shape index (κ1) is 16.2. The van der Waals surface area contributed by atoms with Gasteiger partial charge in [-0.3, -0.25) is 4.21 Å². The van der Waals surface area contributed by atoms with Gasteiger partial charge < -0.3 is 4.74 Å². The molecule has 23 heavy (non-hydrogen) atoms. The van der Waals surface area contributed by atoms with Crippen molar-refractivity contribution in [2.75, 3.05) is 32.6 Å². The molecule has 1 saturated heterocycles. The average molecular weight is 362 g/mol. The molecule has 0 amide bonds. The molecule has 0 aromatic carbocycles. The fourth-order valence-electron chi connectivity index (χ4n) is 2.16. The van der Waals surface area contributed by atoms with Gasteiger partial charge in [0.25, 0.3) is 10.0 Å². The van der Waals surface area contributed by atoms with E-state index in [0.29, 0.717) is 13.2 Å². The Hall–Kier alpha value is -1.70. The van der Waals surface area contributed by atoms with Gasteiger partial charge in [0.1, 0.15) is 12.2 Å². The predicted octanol–water partition coefficient (Wildman–Crippen LogP) is -2.36. The van der Waals surface area contributed by atoms with Gasteiger partial charge in [-0.2, -0.15) is 8.99 Å². The van der Waals surface area contributed by atoms with Gasteiger partial charge in [-0.1, -0.05) is 5.21 Å². The Morgan fingerprint density at radius 3 is 2.70 bits per heavy atom. The molecule has 1 atom stereocenters. The van der Waals surface area contributed by atoms with Gasteiger partial charge in [0.05, 0.1) is 13.2 Å². The van der Waals surface area contributed by atoms with Crippen molar-refractivity contribution in [3.63, 3.8) is 0 Å². The lowest BCUT2D eigenvalue weighted by Crippen LogP contribution is -2.41. The fraction of sp³-hybridized carbons (Fsp3) is 0.600. The molecule has 1 fully saturated rings. The Kier molecular flexibility index (Phi) is 4.27. The molecule has 0 N–H and O–H groups in total. The van der Waals surface area contributed by atoms with Gasteiger partial charge in [0.15, 0.2) is 0 Å². The summed E-state index contributed by atoms with van der Waals surface area (Å²) in [6, 6.07) is 0. The van der Waals surface area contributed by atoms with Gasteiger partial charge in [-0.15, -0.1) is 5.10 Å². The molecular formula is C10H14N6O5S2. The zero-order valence-corrected chi connectivity index (χ0v) is 13.8. The van der Waals surface area contributed by atoms with Crippen molar-refractivity contribution in [3.05, 3.63) is 16.8 Å². The van der Waals surface area contributed by atoms with Crippen LogP contribution in [0.3, 0.4) is 0 Å². The third-order valence-electron chi connectivity index (χ3n) is 3.24. The van der Waals surface area contributed by atoms with Crippen LogP contribution in [0.25, 0.3) is 5.65 Å². The number of ether oxygens (including phenoxy) is 1. The SMILES string of the molecule is CS(=O)Cn1nnc2c(S(=O)(=O)N3CCOCC3)ncn2c1=O. The lowest BCUT2D eigenvalue weighted by atomic mass is 10.5. The summed E-state index contributed by atoms with van der Waals surface area (Å²) >= 11 is 0. The molecule has 126 valence electrons. The first-order valence-electron chi connectivity index (χ1n) is 6.60. The van der Waals surface area contributed by atoms with Gasteiger partial charge in [-0.05, 0) is 0 Å². The summed E-state index contributed by atoms with van der Waals surface area (Å²) < 4.78 is 44.7. The Labute approximate surface area is 133 Å². The normalized spacial score (nSPS) is 18.3. The maximum absolute atomic E-state index is 12.6. The molecule has 1 unspecified atom stereocenters. The average Bonchev–Trinajstić information content (AvgIpc) is 2.96. The summed E-state index contributed by atoms with van der Waals surface area (Å²) in [5.74, 6) is -0.133. The van der Waals surface area contributed by atoms with E-state index in [9.17, 15) is 17.4 Å². The quantitative estimate of drug-likeness (QED) is 0.591. The number of rotatable bonds is 4. The van der Waals surface area contributed by atoms with Crippen LogP contribution in [0, 0.1) is 0 Å². The molecule has 2 aromatic heterocycles. The van der Waals surface area contributed by atoms with Crippen molar-refractivity contribution in [2.24, 2.45) is 0 Å². The summed E-state index contributed by atoms with van der Waals surface area (Å²) in [5.41, 5.74) is -0.805. The van der Waals surface area contributed by atoms with Crippen LogP contribution in [0.15, 0.2) is 16.1 Å². The van der Waals surface area contributed by atoms with E-state index in [1.807, 2.05) is 0 Å². The minimum Gasteiger partial charge on any atom is -0.379 e. The predicted molar refractivity (Wildman–Crippen MR) is 78.7 cm³/mol. The largest absolute Gasteiger partial charge is 0.379 e. The van der Waals surface area contributed by atoms with Gasteiger partial charge in [0.2, 0.25) is 10.7 Å². The van der Waals surface area contributed by atoms with E-state index in [2.05, 4.69) is 15.3 Å². The van der Waals surface area contributed by atoms with Crippen molar-refractivity contribution in [3.8, 4) is 0 Å². The highest BCUT2D eigenvalue weighted by Crippen LogP contribution is 2.17. The van der Waals surface area contributed by atoms with Crippen molar-refractivity contribution in [2.45, 2.75) is 10.9 Å². The summed E-state index contributed by atoms with van der Waals surface area (Å²) in [6.45, 7) is 1.01. The molecule has 3 rings (SSSR count). The van der Waals surface area contributed by atoms with Crippen LogP contribution < -0.4 is 5.69 Å². The van der Waals surface area contributed by atoms with Crippen LogP contribution in [0.1, 0.15) is 0 Å². The second kappa shape index (κ2) is 6.07. The molecule has 1 aliphatic rings. The third-order valence-corrected chi connectivity index (χ3v) is 5.67. The van der Waals surface area contributed by atoms with Crippen LogP contribution in [-0.4, -0.2) is 73.9 Å². The van der Waals surface area contributed by atoms with Crippen molar-refractivity contribution in [1.29, 1.82) is 0 Å². The van der Waals surface area contributed by atoms with E-state index in [-0.39, 0.29) is 29.6 Å². The Morgan fingerprint density at radius 1 is 1.35 bits per heavy atom. The van der Waals surface area contributed by atoms with E-state index < -0.39 is 26.5 Å². The molecule has 1 aliphatic heterocycles. The second-order valence-electron chi connectivity index (χ2n) is 4.83. The molecule has 0 bridgehead atoms. The van der Waals surface area contributed by atoms with E-state index in [1.165, 1.54) is 10.6 Å². The smallest absolute Gasteiger partial charge is 0.353 e. The molecular weight excluding hydrogens is 348 g/mol. The first-order chi connectivity index (χ1) is 10.9. The number of aromatic nitrogens is 5. The van der Waals surface area contributed by atoms with Crippen LogP contribution in [0.2, 0.25) is 0 Å². The maximum atomic E-state index is 12.6. The lowest BCUT2D eigenvalue weighted by molar-refractivity contribution is 0.0729. The Balaban J connectivity index is 2.08. The second-order valence-corrected chi connectivity index (χ2v) is 8.09. The van der Waals surface area contributed by atoms with E-state index >= 15 is 0 Å². The number of hydrogen-bond acceptors (Lipinski definition) is 8. The molecule has 0 spiro atoms. The molecule has 11 nitrogen and oxygen atoms in total. The third kappa shape index (κ3) is 2.91. The van der Waals surface area contributed by atoms with E-state index in [4.69, 9.17) is 4.74 Å². The van der Waals surface area contributed by atoms with E-state index in [1.54, 1.807) is 0 Å². The van der Waals surface area contributed by atoms with Crippen LogP contribution in [-0.2, 0) is 31.4 Å². The topological polar surface area (TPSA) is 129 Å². The van der Waals surface area contributed by atoms with Crippen LogP contribution in [0.4, 0.5) is 0 Å². The van der Waals surface area contributed by atoms with Gasteiger partial charge in [-0.25, -0.2) is 22.6 Å². The zero-order valence-electron chi connectivity index (χ0n) is 12.2. The minimum absolute atomic E-state index is 0.133. The monoisotopic (exact) mass is 362 g/mol. The molecule has 0 aliphatic carbocycles. The van der Waals surface area contributed by atoms with Crippen molar-refractivity contribution in [1.82, 2.24) is 28.7 Å². The molecule has 3 heterocycles. The highest BCUT2D eigenvalue weighted by molar-refractivity contribution is 7.89. The van der Waals surface area contributed by atoms with E-state index in [0.717, 1.165) is 15.4 Å². The van der Waals surface area contributed by atoms with Crippen molar-refractivity contribution < 1.29 is 17.4 Å². The summed E-state index contributed by atoms with van der Waals surface area (Å²) in [7, 11) is -5.18. The molecule has 0 saturated carbocycles. The fourth-order valence-corrected chi connectivity index (χ4v) is 4.09. The standard InChI is InChI=1S/C10H14N6O5S2/c1-22(18)7-16-10(17)15-6-11-9(8(15)12-13-16)23(19,20)14-2-4-21-5-3-14/h6H,2-5,7H2,1H3. The number of imidazole rings is 1. The van der Waals surface area contributed by atoms with Crippen LogP contribution in [0.5, 0.6) is 0 Å². The maximum Gasteiger partial charge on any atom is 0.353 e. The number of nitrogens with zero attached hydrogens (tertiary/aromatic N) is 6. The summed E-state index contributed by atoms with van der Waals surface area (Å²) in [5, 5.41) is 7.06. The Bertz CT molecular complexity index is 913. The number of morpholine rings is 1. The molecule has 13 heteroatoms. The van der Waals surface area contributed by atoms with Gasteiger partial charge in [0, 0.05) is 30.1 Å². The lowest BCUT2D eigenvalue weighted by Gasteiger charge is -2.24. The summed E-state index contributed by atoms with van der Waals surface area (Å²) in [4.78, 5) is 16.0. The number of hydrogen-bond donors (Lipinski definition) is 0.